The van der Waals surface area contributed by atoms with Crippen LogP contribution in [0.4, 0.5) is 14.5 Å². The third-order valence-corrected chi connectivity index (χ3v) is 4.40. The van der Waals surface area contributed by atoms with Crippen LogP contribution in [0.15, 0.2) is 51.1 Å². The molecule has 0 bridgehead atoms. The first kappa shape index (κ1) is 22.7. The third kappa shape index (κ3) is 5.56. The van der Waals surface area contributed by atoms with Gasteiger partial charge in [-0.25, -0.2) is 0 Å². The largest absolute Gasteiger partial charge is 0.415 e. The molecule has 166 valence electrons. The summed E-state index contributed by atoms with van der Waals surface area (Å²) >= 11 is 0. The molecular formula is C21H21F2N7O2. The summed E-state index contributed by atoms with van der Waals surface area (Å²) in [6.07, 6.45) is -1.16. The normalized spacial score (nSPS) is 11.5. The molecule has 0 radical (unpaired) electrons. The lowest BCUT2D eigenvalue weighted by Crippen LogP contribution is -2.13. The summed E-state index contributed by atoms with van der Waals surface area (Å²) in [5.74, 6) is -0.894. The molecule has 1 amide bonds. The third-order valence-electron chi connectivity index (χ3n) is 4.40. The molecule has 11 heteroatoms. The number of aryl methyl sites for hydroxylation is 1. The number of hydrazone groups is 2. The van der Waals surface area contributed by atoms with Crippen LogP contribution in [-0.2, 0) is 11.3 Å². The SMILES string of the molecule is C=NN(Cc1ccc(-c2nnc(C(F)F)o2)cc1)/N=C(\C)c1cnc(C)c(NC(C)=O)c1. The van der Waals surface area contributed by atoms with Crippen LogP contribution < -0.4 is 5.32 Å². The molecule has 3 aromatic rings. The standard InChI is InChI=1S/C21H21F2N7O2/c1-12(17-9-18(26-14(3)31)13(2)25-10-17)29-30(24-4)11-15-5-7-16(8-6-15)20-27-28-21(32-20)19(22)23/h5-10,19H,4,11H2,1-3H3,(H,26,31)/b29-12+. The van der Waals surface area contributed by atoms with Crippen molar-refractivity contribution in [3.05, 3.63) is 59.2 Å². The Bertz CT molecular complexity index is 1140. The maximum absolute atomic E-state index is 12.6. The molecule has 3 rings (SSSR count). The Morgan fingerprint density at radius 3 is 2.56 bits per heavy atom. The zero-order valence-corrected chi connectivity index (χ0v) is 17.7. The fraction of sp³-hybridized carbons (Fsp3) is 0.238. The second kappa shape index (κ2) is 9.86. The van der Waals surface area contributed by atoms with E-state index in [9.17, 15) is 13.6 Å². The number of rotatable bonds is 8. The first-order valence-electron chi connectivity index (χ1n) is 9.51. The Balaban J connectivity index is 1.74. The summed E-state index contributed by atoms with van der Waals surface area (Å²) in [4.78, 5) is 15.7. The Labute approximate surface area is 182 Å². The van der Waals surface area contributed by atoms with Gasteiger partial charge in [-0.1, -0.05) is 12.1 Å². The number of nitrogens with zero attached hydrogens (tertiary/aromatic N) is 6. The van der Waals surface area contributed by atoms with Crippen LogP contribution in [0.5, 0.6) is 0 Å². The predicted molar refractivity (Wildman–Crippen MR) is 115 cm³/mol. The van der Waals surface area contributed by atoms with Crippen LogP contribution in [0.2, 0.25) is 0 Å². The summed E-state index contributed by atoms with van der Waals surface area (Å²) < 4.78 is 30.2. The van der Waals surface area contributed by atoms with Crippen LogP contribution in [0, 0.1) is 6.92 Å². The molecule has 0 atom stereocenters. The van der Waals surface area contributed by atoms with Gasteiger partial charge in [0.05, 0.1) is 23.6 Å². The van der Waals surface area contributed by atoms with Gasteiger partial charge in [0.15, 0.2) is 0 Å². The average molecular weight is 441 g/mol. The molecule has 0 aliphatic heterocycles. The van der Waals surface area contributed by atoms with Crippen molar-refractivity contribution in [3.8, 4) is 11.5 Å². The zero-order valence-electron chi connectivity index (χ0n) is 17.7. The number of carbonyl (C=O) groups is 1. The summed E-state index contributed by atoms with van der Waals surface area (Å²) in [6.45, 7) is 8.88. The number of carbonyl (C=O) groups excluding carboxylic acids is 1. The van der Waals surface area contributed by atoms with E-state index in [4.69, 9.17) is 4.42 Å². The summed E-state index contributed by atoms with van der Waals surface area (Å²) in [7, 11) is 0. The number of benzene rings is 1. The number of alkyl halides is 2. The maximum atomic E-state index is 12.6. The highest BCUT2D eigenvalue weighted by atomic mass is 19.3. The molecule has 1 aromatic carbocycles. The van der Waals surface area contributed by atoms with Crippen LogP contribution >= 0.6 is 0 Å². The van der Waals surface area contributed by atoms with Gasteiger partial charge < -0.3 is 9.73 Å². The van der Waals surface area contributed by atoms with E-state index in [-0.39, 0.29) is 11.8 Å². The van der Waals surface area contributed by atoms with Gasteiger partial charge in [0.2, 0.25) is 11.8 Å². The number of halogens is 2. The molecule has 2 aromatic heterocycles. The van der Waals surface area contributed by atoms with Gasteiger partial charge in [-0.2, -0.15) is 24.1 Å². The van der Waals surface area contributed by atoms with Crippen LogP contribution in [0.3, 0.4) is 0 Å². The molecule has 1 N–H and O–H groups in total. The van der Waals surface area contributed by atoms with Crippen molar-refractivity contribution in [2.24, 2.45) is 10.2 Å². The van der Waals surface area contributed by atoms with Gasteiger partial charge in [-0.05, 0) is 37.6 Å². The number of anilines is 1. The van der Waals surface area contributed by atoms with Crippen molar-refractivity contribution >= 4 is 24.0 Å². The molecule has 0 aliphatic rings. The quantitative estimate of drug-likeness (QED) is 0.415. The van der Waals surface area contributed by atoms with Gasteiger partial charge >= 0.3 is 6.43 Å². The number of hydrogen-bond donors (Lipinski definition) is 1. The minimum Gasteiger partial charge on any atom is -0.415 e. The summed E-state index contributed by atoms with van der Waals surface area (Å²) in [6, 6.07) is 8.69. The van der Waals surface area contributed by atoms with E-state index in [1.54, 1.807) is 50.4 Å². The van der Waals surface area contributed by atoms with E-state index in [2.05, 4.69) is 37.4 Å². The number of hydrogen-bond acceptors (Lipinski definition) is 8. The van der Waals surface area contributed by atoms with Crippen molar-refractivity contribution in [2.75, 3.05) is 5.32 Å². The van der Waals surface area contributed by atoms with E-state index < -0.39 is 12.3 Å². The van der Waals surface area contributed by atoms with Crippen molar-refractivity contribution in [2.45, 2.75) is 33.7 Å². The molecule has 0 unspecified atom stereocenters. The highest BCUT2D eigenvalue weighted by molar-refractivity contribution is 6.00. The van der Waals surface area contributed by atoms with E-state index in [0.717, 1.165) is 11.1 Å². The first-order valence-corrected chi connectivity index (χ1v) is 9.51. The van der Waals surface area contributed by atoms with Crippen LogP contribution in [-0.4, -0.2) is 38.6 Å². The number of nitrogens with one attached hydrogen (secondary N) is 1. The molecule has 0 aliphatic carbocycles. The van der Waals surface area contributed by atoms with Gasteiger partial charge in [0.1, 0.15) is 0 Å². The lowest BCUT2D eigenvalue weighted by atomic mass is 10.1. The van der Waals surface area contributed by atoms with Crippen LogP contribution in [0.1, 0.15) is 43.0 Å². The molecular weight excluding hydrogens is 420 g/mol. The minimum atomic E-state index is -2.82. The Morgan fingerprint density at radius 1 is 1.25 bits per heavy atom. The Hall–Kier alpha value is -4.02. The number of amides is 1. The molecule has 0 saturated carbocycles. The zero-order chi connectivity index (χ0) is 23.3. The topological polar surface area (TPSA) is 109 Å². The van der Waals surface area contributed by atoms with Gasteiger partial charge in [0, 0.05) is 31.0 Å². The van der Waals surface area contributed by atoms with E-state index in [1.165, 1.54) is 12.0 Å². The van der Waals surface area contributed by atoms with Gasteiger partial charge in [-0.3, -0.25) is 9.78 Å². The van der Waals surface area contributed by atoms with E-state index in [1.807, 2.05) is 0 Å². The second-order valence-electron chi connectivity index (χ2n) is 6.84. The fourth-order valence-corrected chi connectivity index (χ4v) is 2.75. The molecule has 0 fully saturated rings. The lowest BCUT2D eigenvalue weighted by Gasteiger charge is -2.15. The molecule has 0 spiro atoms. The van der Waals surface area contributed by atoms with Crippen molar-refractivity contribution in [1.82, 2.24) is 20.3 Å². The first-order chi connectivity index (χ1) is 15.3. The molecule has 32 heavy (non-hydrogen) atoms. The number of pyridine rings is 1. The highest BCUT2D eigenvalue weighted by Crippen LogP contribution is 2.24. The lowest BCUT2D eigenvalue weighted by molar-refractivity contribution is -0.114. The summed E-state index contributed by atoms with van der Waals surface area (Å²) in [5, 5.41) is 19.5. The van der Waals surface area contributed by atoms with Crippen molar-refractivity contribution < 1.29 is 18.0 Å². The van der Waals surface area contributed by atoms with Crippen molar-refractivity contribution in [1.29, 1.82) is 0 Å². The van der Waals surface area contributed by atoms with Gasteiger partial charge in [0.25, 0.3) is 5.89 Å². The Morgan fingerprint density at radius 2 is 1.97 bits per heavy atom. The maximum Gasteiger partial charge on any atom is 0.314 e. The average Bonchev–Trinajstić information content (AvgIpc) is 3.25. The predicted octanol–water partition coefficient (Wildman–Crippen LogP) is 4.18. The smallest absolute Gasteiger partial charge is 0.314 e. The van der Waals surface area contributed by atoms with Gasteiger partial charge in [-0.15, -0.1) is 10.2 Å². The van der Waals surface area contributed by atoms with E-state index in [0.29, 0.717) is 29.2 Å². The summed E-state index contributed by atoms with van der Waals surface area (Å²) in [5.41, 5.74) is 3.99. The monoisotopic (exact) mass is 441 g/mol. The van der Waals surface area contributed by atoms with Crippen molar-refractivity contribution in [3.63, 3.8) is 0 Å². The minimum absolute atomic E-state index is 0.0151. The molecule has 9 nitrogen and oxygen atoms in total. The molecule has 0 saturated heterocycles. The van der Waals surface area contributed by atoms with E-state index >= 15 is 0 Å². The fourth-order valence-electron chi connectivity index (χ4n) is 2.75. The Kier molecular flexibility index (Phi) is 6.98. The van der Waals surface area contributed by atoms with Crippen LogP contribution in [0.25, 0.3) is 11.5 Å². The molecule has 2 heterocycles. The highest BCUT2D eigenvalue weighted by Gasteiger charge is 2.17. The number of aromatic nitrogens is 3. The second-order valence-corrected chi connectivity index (χ2v) is 6.84.